The van der Waals surface area contributed by atoms with E-state index in [9.17, 15) is 0 Å². The minimum atomic E-state index is 0.314. The van der Waals surface area contributed by atoms with Gasteiger partial charge in [-0.3, -0.25) is 4.68 Å². The van der Waals surface area contributed by atoms with Crippen LogP contribution in [0.15, 0.2) is 18.5 Å². The van der Waals surface area contributed by atoms with Crippen LogP contribution in [0, 0.1) is 5.92 Å². The highest BCUT2D eigenvalue weighted by molar-refractivity contribution is 5.79. The smallest absolute Gasteiger partial charge is 0.124 e. The fourth-order valence-electron chi connectivity index (χ4n) is 2.74. The van der Waals surface area contributed by atoms with Gasteiger partial charge >= 0.3 is 0 Å². The Morgan fingerprint density at radius 2 is 2.11 bits per heavy atom. The zero-order chi connectivity index (χ0) is 12.5. The second-order valence-corrected chi connectivity index (χ2v) is 5.13. The molecule has 18 heavy (non-hydrogen) atoms. The highest BCUT2D eigenvalue weighted by Gasteiger charge is 2.22. The van der Waals surface area contributed by atoms with Gasteiger partial charge in [-0.05, 0) is 37.7 Å². The van der Waals surface area contributed by atoms with E-state index < -0.39 is 0 Å². The monoisotopic (exact) mass is 246 g/mol. The summed E-state index contributed by atoms with van der Waals surface area (Å²) in [5, 5.41) is 14.8. The van der Waals surface area contributed by atoms with Gasteiger partial charge in [-0.1, -0.05) is 0 Å². The lowest BCUT2D eigenvalue weighted by molar-refractivity contribution is 0.165. The number of hydrogen-bond acceptors (Lipinski definition) is 4. The number of nitrogen functional groups attached to an aromatic ring is 1. The molecule has 5 nitrogen and oxygen atoms in total. The summed E-state index contributed by atoms with van der Waals surface area (Å²) in [5.74, 6) is 1.01. The molecule has 0 unspecified atom stereocenters. The first-order valence-corrected chi connectivity index (χ1v) is 6.47. The molecule has 1 fully saturated rings. The van der Waals surface area contributed by atoms with Gasteiger partial charge in [0.05, 0.1) is 12.2 Å². The fourth-order valence-corrected chi connectivity index (χ4v) is 2.74. The number of nitrogens with zero attached hydrogens (tertiary/aromatic N) is 3. The minimum absolute atomic E-state index is 0.314. The van der Waals surface area contributed by atoms with Crippen molar-refractivity contribution < 1.29 is 5.11 Å². The maximum atomic E-state index is 9.15. The predicted molar refractivity (Wildman–Crippen MR) is 70.0 cm³/mol. The van der Waals surface area contributed by atoms with Crippen molar-refractivity contribution in [2.45, 2.75) is 31.7 Å². The van der Waals surface area contributed by atoms with E-state index in [0.29, 0.717) is 24.4 Å². The summed E-state index contributed by atoms with van der Waals surface area (Å²) in [4.78, 5) is 4.06. The molecule has 2 aromatic rings. The molecule has 0 spiro atoms. The molecule has 0 atom stereocenters. The highest BCUT2D eigenvalue weighted by atomic mass is 16.3. The van der Waals surface area contributed by atoms with Gasteiger partial charge in [0, 0.05) is 18.2 Å². The van der Waals surface area contributed by atoms with Crippen LogP contribution in [0.1, 0.15) is 31.7 Å². The first-order chi connectivity index (χ1) is 8.76. The Kier molecular flexibility index (Phi) is 2.91. The zero-order valence-corrected chi connectivity index (χ0v) is 10.3. The Hall–Kier alpha value is -1.62. The lowest BCUT2D eigenvalue weighted by Gasteiger charge is -2.27. The van der Waals surface area contributed by atoms with E-state index in [4.69, 9.17) is 10.8 Å². The van der Waals surface area contributed by atoms with Crippen molar-refractivity contribution in [3.63, 3.8) is 0 Å². The Balaban J connectivity index is 1.82. The van der Waals surface area contributed by atoms with E-state index in [1.54, 1.807) is 6.20 Å². The van der Waals surface area contributed by atoms with Gasteiger partial charge < -0.3 is 10.8 Å². The Morgan fingerprint density at radius 1 is 1.33 bits per heavy atom. The molecule has 1 aliphatic rings. The quantitative estimate of drug-likeness (QED) is 0.846. The van der Waals surface area contributed by atoms with Crippen LogP contribution in [-0.4, -0.2) is 26.5 Å². The van der Waals surface area contributed by atoms with E-state index >= 15 is 0 Å². The molecule has 0 saturated heterocycles. The molecular formula is C13H18N4O. The number of aromatic nitrogens is 3. The second-order valence-electron chi connectivity index (χ2n) is 5.13. The van der Waals surface area contributed by atoms with Gasteiger partial charge in [-0.25, -0.2) is 4.98 Å². The summed E-state index contributed by atoms with van der Waals surface area (Å²) < 4.78 is 2.04. The highest BCUT2D eigenvalue weighted by Crippen LogP contribution is 2.32. The Labute approximate surface area is 106 Å². The topological polar surface area (TPSA) is 77.0 Å². The summed E-state index contributed by atoms with van der Waals surface area (Å²) in [5.41, 5.74) is 6.57. The third-order valence-corrected chi connectivity index (χ3v) is 3.88. The second kappa shape index (κ2) is 4.57. The average molecular weight is 246 g/mol. The van der Waals surface area contributed by atoms with Gasteiger partial charge in [-0.15, -0.1) is 0 Å². The van der Waals surface area contributed by atoms with Gasteiger partial charge in [0.1, 0.15) is 11.3 Å². The van der Waals surface area contributed by atoms with Crippen LogP contribution < -0.4 is 5.73 Å². The number of nitrogens with two attached hydrogens (primary N) is 1. The van der Waals surface area contributed by atoms with Crippen LogP contribution in [0.25, 0.3) is 10.9 Å². The zero-order valence-electron chi connectivity index (χ0n) is 10.3. The van der Waals surface area contributed by atoms with Gasteiger partial charge in [0.2, 0.25) is 0 Å². The third kappa shape index (κ3) is 2.06. The average Bonchev–Trinajstić information content (AvgIpc) is 2.81. The van der Waals surface area contributed by atoms with E-state index in [1.165, 1.54) is 0 Å². The summed E-state index contributed by atoms with van der Waals surface area (Å²) in [7, 11) is 0. The SMILES string of the molecule is Nc1cc2cn([C@H]3CC[C@H](CO)CC3)nc2cn1. The molecule has 3 N–H and O–H groups in total. The van der Waals surface area contributed by atoms with Crippen LogP contribution in [0.5, 0.6) is 0 Å². The molecule has 1 aliphatic carbocycles. The van der Waals surface area contributed by atoms with Crippen molar-refractivity contribution in [1.29, 1.82) is 0 Å². The summed E-state index contributed by atoms with van der Waals surface area (Å²) in [6.45, 7) is 0.314. The third-order valence-electron chi connectivity index (χ3n) is 3.88. The van der Waals surface area contributed by atoms with Crippen molar-refractivity contribution in [3.05, 3.63) is 18.5 Å². The van der Waals surface area contributed by atoms with E-state index in [2.05, 4.69) is 16.3 Å². The number of pyridine rings is 1. The number of fused-ring (bicyclic) bond motifs is 1. The fraction of sp³-hybridized carbons (Fsp3) is 0.538. The summed E-state index contributed by atoms with van der Waals surface area (Å²) >= 11 is 0. The summed E-state index contributed by atoms with van der Waals surface area (Å²) in [6, 6.07) is 2.31. The number of anilines is 1. The first kappa shape index (κ1) is 11.5. The largest absolute Gasteiger partial charge is 0.396 e. The van der Waals surface area contributed by atoms with E-state index in [1.807, 2.05) is 10.7 Å². The van der Waals surface area contributed by atoms with Crippen molar-refractivity contribution in [2.24, 2.45) is 5.92 Å². The molecule has 5 heteroatoms. The van der Waals surface area contributed by atoms with Crippen molar-refractivity contribution in [2.75, 3.05) is 12.3 Å². The van der Waals surface area contributed by atoms with Gasteiger partial charge in [0.15, 0.2) is 0 Å². The molecule has 96 valence electrons. The van der Waals surface area contributed by atoms with Crippen molar-refractivity contribution in [3.8, 4) is 0 Å². The van der Waals surface area contributed by atoms with Crippen molar-refractivity contribution >= 4 is 16.7 Å². The van der Waals surface area contributed by atoms with Gasteiger partial charge in [-0.2, -0.15) is 5.10 Å². The van der Waals surface area contributed by atoms with Crippen LogP contribution in [0.4, 0.5) is 5.82 Å². The molecule has 0 aliphatic heterocycles. The molecule has 2 heterocycles. The molecular weight excluding hydrogens is 228 g/mol. The maximum absolute atomic E-state index is 9.15. The Bertz CT molecular complexity index is 543. The van der Waals surface area contributed by atoms with Crippen LogP contribution >= 0.6 is 0 Å². The van der Waals surface area contributed by atoms with E-state index in [0.717, 1.165) is 36.6 Å². The molecule has 1 saturated carbocycles. The molecule has 3 rings (SSSR count). The standard InChI is InChI=1S/C13H18N4O/c14-13-5-10-7-17(16-12(10)6-15-13)11-3-1-9(8-18)2-4-11/h5-7,9,11,18H,1-4,8,14H2/t9-,11-. The molecule has 0 aromatic carbocycles. The predicted octanol–water partition coefficient (Wildman–Crippen LogP) is 1.74. The molecule has 0 bridgehead atoms. The summed E-state index contributed by atoms with van der Waals surface area (Å²) in [6.07, 6.45) is 8.11. The van der Waals surface area contributed by atoms with Crippen LogP contribution in [0.2, 0.25) is 0 Å². The van der Waals surface area contributed by atoms with Crippen LogP contribution in [-0.2, 0) is 0 Å². The number of aliphatic hydroxyl groups excluding tert-OH is 1. The number of hydrogen-bond donors (Lipinski definition) is 2. The molecule has 0 amide bonds. The van der Waals surface area contributed by atoms with Gasteiger partial charge in [0.25, 0.3) is 0 Å². The maximum Gasteiger partial charge on any atom is 0.124 e. The Morgan fingerprint density at radius 3 is 2.83 bits per heavy atom. The minimum Gasteiger partial charge on any atom is -0.396 e. The lowest BCUT2D eigenvalue weighted by Crippen LogP contribution is -2.20. The normalized spacial score (nSPS) is 24.5. The lowest BCUT2D eigenvalue weighted by atomic mass is 9.87. The molecule has 2 aromatic heterocycles. The van der Waals surface area contributed by atoms with Crippen LogP contribution in [0.3, 0.4) is 0 Å². The van der Waals surface area contributed by atoms with E-state index in [-0.39, 0.29) is 0 Å². The molecule has 0 radical (unpaired) electrons. The first-order valence-electron chi connectivity index (χ1n) is 6.47. The number of aliphatic hydroxyl groups is 1. The van der Waals surface area contributed by atoms with Crippen molar-refractivity contribution in [1.82, 2.24) is 14.8 Å². The number of rotatable bonds is 2.